The maximum atomic E-state index is 12.2. The van der Waals surface area contributed by atoms with E-state index in [-0.39, 0.29) is 48.5 Å². The van der Waals surface area contributed by atoms with Crippen LogP contribution in [-0.4, -0.2) is 45.0 Å². The molecule has 2 aromatic heterocycles. The number of hydrogen-bond acceptors (Lipinski definition) is 8. The Balaban J connectivity index is 1.82. The second-order valence-electron chi connectivity index (χ2n) is 5.85. The zero-order valence-electron chi connectivity index (χ0n) is 14.1. The van der Waals surface area contributed by atoms with Crippen molar-refractivity contribution in [2.75, 3.05) is 13.2 Å². The van der Waals surface area contributed by atoms with Crippen molar-refractivity contribution < 1.29 is 32.4 Å². The number of nitrogens with zero attached hydrogens (tertiary/aromatic N) is 4. The number of rotatable bonds is 7. The van der Waals surface area contributed by atoms with Gasteiger partial charge in [-0.05, 0) is 28.0 Å². The van der Waals surface area contributed by atoms with Crippen LogP contribution in [0.4, 0.5) is 13.2 Å². The van der Waals surface area contributed by atoms with Crippen LogP contribution in [0, 0.1) is 5.92 Å². The Kier molecular flexibility index (Phi) is 5.40. The molecular formula is C16H15F3N4O4. The number of hydrogen-bond donors (Lipinski definition) is 1. The standard InChI is InChI=1S/C16H15F3N4O4/c1-9(7-24)8-25-15-12(20-13-14(21-15)23-27-22-13)6-10-2-4-11(5-3-10)26-16(17,18)19/h2-5,9,24H,6-8H2,1H3. The van der Waals surface area contributed by atoms with Crippen molar-refractivity contribution in [2.45, 2.75) is 19.7 Å². The third-order valence-corrected chi connectivity index (χ3v) is 3.49. The zero-order chi connectivity index (χ0) is 19.4. The summed E-state index contributed by atoms with van der Waals surface area (Å²) in [5, 5.41) is 16.4. The van der Waals surface area contributed by atoms with Gasteiger partial charge in [-0.25, -0.2) is 9.61 Å². The van der Waals surface area contributed by atoms with Crippen LogP contribution in [0.15, 0.2) is 28.9 Å². The molecule has 1 aromatic carbocycles. The minimum absolute atomic E-state index is 0.0583. The third kappa shape index (κ3) is 5.03. The van der Waals surface area contributed by atoms with Crippen molar-refractivity contribution >= 4 is 11.3 Å². The number of ether oxygens (including phenoxy) is 2. The van der Waals surface area contributed by atoms with Crippen LogP contribution in [0.3, 0.4) is 0 Å². The fourth-order valence-electron chi connectivity index (χ4n) is 2.16. The van der Waals surface area contributed by atoms with Crippen molar-refractivity contribution in [2.24, 2.45) is 5.92 Å². The molecule has 1 atom stereocenters. The van der Waals surface area contributed by atoms with Crippen molar-refractivity contribution in [3.8, 4) is 11.6 Å². The molecule has 11 heteroatoms. The average Bonchev–Trinajstić information content (AvgIpc) is 3.07. The highest BCUT2D eigenvalue weighted by Gasteiger charge is 2.31. The first-order chi connectivity index (χ1) is 12.8. The second-order valence-corrected chi connectivity index (χ2v) is 5.85. The summed E-state index contributed by atoms with van der Waals surface area (Å²) in [5.41, 5.74) is 1.42. The monoisotopic (exact) mass is 384 g/mol. The lowest BCUT2D eigenvalue weighted by Gasteiger charge is -2.12. The summed E-state index contributed by atoms with van der Waals surface area (Å²) in [7, 11) is 0. The lowest BCUT2D eigenvalue weighted by atomic mass is 10.1. The molecule has 0 bridgehead atoms. The van der Waals surface area contributed by atoms with Gasteiger partial charge in [0, 0.05) is 18.9 Å². The molecule has 1 unspecified atom stereocenters. The van der Waals surface area contributed by atoms with Gasteiger partial charge in [-0.2, -0.15) is 4.98 Å². The van der Waals surface area contributed by atoms with Crippen molar-refractivity contribution in [3.05, 3.63) is 35.5 Å². The molecule has 0 radical (unpaired) electrons. The molecule has 8 nitrogen and oxygen atoms in total. The van der Waals surface area contributed by atoms with Gasteiger partial charge in [0.05, 0.1) is 6.61 Å². The number of fused-ring (bicyclic) bond motifs is 1. The molecule has 3 rings (SSSR count). The molecule has 0 aliphatic rings. The number of aliphatic hydroxyl groups excluding tert-OH is 1. The van der Waals surface area contributed by atoms with Crippen molar-refractivity contribution in [1.29, 1.82) is 0 Å². The summed E-state index contributed by atoms with van der Waals surface area (Å²) in [6.45, 7) is 1.94. The molecule has 3 aromatic rings. The summed E-state index contributed by atoms with van der Waals surface area (Å²) in [6.07, 6.45) is -4.52. The first-order valence-electron chi connectivity index (χ1n) is 7.91. The molecule has 0 fully saturated rings. The second kappa shape index (κ2) is 7.74. The van der Waals surface area contributed by atoms with Crippen molar-refractivity contribution in [3.63, 3.8) is 0 Å². The summed E-state index contributed by atoms with van der Waals surface area (Å²) in [5.74, 6) is -0.250. The number of aliphatic hydroxyl groups is 1. The summed E-state index contributed by atoms with van der Waals surface area (Å²) in [6, 6.07) is 5.38. The summed E-state index contributed by atoms with van der Waals surface area (Å²) < 4.78 is 50.8. The van der Waals surface area contributed by atoms with Gasteiger partial charge in [0.25, 0.3) is 0 Å². The predicted molar refractivity (Wildman–Crippen MR) is 85.1 cm³/mol. The number of alkyl halides is 3. The maximum absolute atomic E-state index is 12.2. The van der Waals surface area contributed by atoms with E-state index in [4.69, 9.17) is 9.84 Å². The van der Waals surface area contributed by atoms with Gasteiger partial charge < -0.3 is 14.6 Å². The van der Waals surface area contributed by atoms with E-state index >= 15 is 0 Å². The van der Waals surface area contributed by atoms with Crippen molar-refractivity contribution in [1.82, 2.24) is 20.3 Å². The molecule has 1 N–H and O–H groups in total. The molecule has 0 aliphatic heterocycles. The van der Waals surface area contributed by atoms with Crippen LogP contribution >= 0.6 is 0 Å². The highest BCUT2D eigenvalue weighted by Crippen LogP contribution is 2.25. The van der Waals surface area contributed by atoms with E-state index in [9.17, 15) is 13.2 Å². The molecule has 0 spiro atoms. The Hall–Kier alpha value is -2.95. The lowest BCUT2D eigenvalue weighted by molar-refractivity contribution is -0.274. The predicted octanol–water partition coefficient (Wildman–Crippen LogP) is 2.51. The Bertz CT molecular complexity index is 899. The summed E-state index contributed by atoms with van der Waals surface area (Å²) in [4.78, 5) is 8.48. The minimum Gasteiger partial charge on any atom is -0.476 e. The van der Waals surface area contributed by atoms with Gasteiger partial charge in [-0.1, -0.05) is 19.1 Å². The molecule has 0 aliphatic carbocycles. The zero-order valence-corrected chi connectivity index (χ0v) is 14.1. The van der Waals surface area contributed by atoms with Gasteiger partial charge in [-0.3, -0.25) is 0 Å². The van der Waals surface area contributed by atoms with E-state index in [1.807, 2.05) is 0 Å². The number of benzene rings is 1. The molecule has 27 heavy (non-hydrogen) atoms. The van der Waals surface area contributed by atoms with Gasteiger partial charge in [0.2, 0.25) is 17.2 Å². The molecule has 0 saturated heterocycles. The van der Waals surface area contributed by atoms with Crippen LogP contribution < -0.4 is 9.47 Å². The Morgan fingerprint density at radius 2 is 1.78 bits per heavy atom. The first kappa shape index (κ1) is 18.8. The van der Waals surface area contributed by atoms with Crippen LogP contribution in [0.5, 0.6) is 11.6 Å². The Labute approximate surface area is 150 Å². The molecule has 0 saturated carbocycles. The first-order valence-corrected chi connectivity index (χ1v) is 7.91. The average molecular weight is 384 g/mol. The molecule has 0 amide bonds. The van der Waals surface area contributed by atoms with Gasteiger partial charge in [0.15, 0.2) is 0 Å². The Morgan fingerprint density at radius 3 is 2.41 bits per heavy atom. The van der Waals surface area contributed by atoms with Gasteiger partial charge in [0.1, 0.15) is 11.4 Å². The van der Waals surface area contributed by atoms with E-state index in [1.165, 1.54) is 24.3 Å². The minimum atomic E-state index is -4.75. The van der Waals surface area contributed by atoms with Crippen LogP contribution in [0.2, 0.25) is 0 Å². The number of halogens is 3. The highest BCUT2D eigenvalue weighted by atomic mass is 19.4. The molecule has 2 heterocycles. The van der Waals surface area contributed by atoms with Crippen LogP contribution in [0.25, 0.3) is 11.3 Å². The quantitative estimate of drug-likeness (QED) is 0.663. The largest absolute Gasteiger partial charge is 0.573 e. The van der Waals surface area contributed by atoms with E-state index < -0.39 is 6.36 Å². The summed E-state index contributed by atoms with van der Waals surface area (Å²) >= 11 is 0. The van der Waals surface area contributed by atoms with E-state index in [1.54, 1.807) is 6.92 Å². The van der Waals surface area contributed by atoms with Gasteiger partial charge in [-0.15, -0.1) is 13.2 Å². The highest BCUT2D eigenvalue weighted by molar-refractivity contribution is 5.64. The van der Waals surface area contributed by atoms with Gasteiger partial charge >= 0.3 is 6.36 Å². The lowest BCUT2D eigenvalue weighted by Crippen LogP contribution is -2.17. The van der Waals surface area contributed by atoms with E-state index in [0.29, 0.717) is 11.3 Å². The van der Waals surface area contributed by atoms with Crippen LogP contribution in [0.1, 0.15) is 18.2 Å². The fraction of sp³-hybridized carbons (Fsp3) is 0.375. The van der Waals surface area contributed by atoms with E-state index in [0.717, 1.165) is 0 Å². The fourth-order valence-corrected chi connectivity index (χ4v) is 2.16. The topological polar surface area (TPSA) is 103 Å². The maximum Gasteiger partial charge on any atom is 0.573 e. The van der Waals surface area contributed by atoms with E-state index in [2.05, 4.69) is 29.6 Å². The molecular weight excluding hydrogens is 369 g/mol. The Morgan fingerprint density at radius 1 is 1.11 bits per heavy atom. The van der Waals surface area contributed by atoms with Crippen LogP contribution in [-0.2, 0) is 6.42 Å². The SMILES string of the molecule is CC(CO)COc1nc2nonc2nc1Cc1ccc(OC(F)(F)F)cc1. The molecule has 144 valence electrons. The third-order valence-electron chi connectivity index (χ3n) is 3.49. The smallest absolute Gasteiger partial charge is 0.476 e. The number of aromatic nitrogens is 4. The normalized spacial score (nSPS) is 12.9.